The Labute approximate surface area is 126 Å². The topological polar surface area (TPSA) is 50.1 Å². The Morgan fingerprint density at radius 2 is 2.00 bits per heavy atom. The van der Waals surface area contributed by atoms with Gasteiger partial charge in [-0.15, -0.1) is 0 Å². The fraction of sp³-hybridized carbons (Fsp3) is 0.0667. The second-order valence-electron chi connectivity index (χ2n) is 3.98. The van der Waals surface area contributed by atoms with Gasteiger partial charge in [0, 0.05) is 10.6 Å². The molecule has 2 rings (SSSR count). The zero-order valence-electron chi connectivity index (χ0n) is 10.3. The second-order valence-corrected chi connectivity index (χ2v) is 4.82. The van der Waals surface area contributed by atoms with Gasteiger partial charge in [0.25, 0.3) is 0 Å². The van der Waals surface area contributed by atoms with Gasteiger partial charge in [-0.05, 0) is 30.3 Å². The number of benzene rings is 2. The van der Waals surface area contributed by atoms with Crippen molar-refractivity contribution in [2.24, 2.45) is 0 Å². The Morgan fingerprint density at radius 3 is 2.65 bits per heavy atom. The first-order chi connectivity index (χ1) is 9.60. The van der Waals surface area contributed by atoms with Crippen LogP contribution in [0.2, 0.25) is 10.0 Å². The van der Waals surface area contributed by atoms with E-state index in [0.717, 1.165) is 0 Å². The van der Waals surface area contributed by atoms with Crippen LogP contribution >= 0.6 is 23.2 Å². The third-order valence-corrected chi connectivity index (χ3v) is 3.10. The fourth-order valence-electron chi connectivity index (χ4n) is 1.58. The summed E-state index contributed by atoms with van der Waals surface area (Å²) in [5, 5.41) is 9.52. The molecule has 5 heteroatoms. The van der Waals surface area contributed by atoms with Crippen molar-refractivity contribution in [3.63, 3.8) is 0 Å². The Bertz CT molecular complexity index is 693. The molecule has 0 saturated carbocycles. The van der Waals surface area contributed by atoms with Crippen LogP contribution in [0.3, 0.4) is 0 Å². The number of Topliss-reactive ketones (excluding diaryl/α,β-unsaturated/α-hetero) is 1. The first kappa shape index (κ1) is 14.4. The lowest BCUT2D eigenvalue weighted by atomic mass is 10.1. The first-order valence-electron chi connectivity index (χ1n) is 5.71. The van der Waals surface area contributed by atoms with E-state index in [2.05, 4.69) is 0 Å². The summed E-state index contributed by atoms with van der Waals surface area (Å²) in [5.74, 6) is 0.161. The van der Waals surface area contributed by atoms with Crippen molar-refractivity contribution in [2.75, 3.05) is 6.61 Å². The predicted molar refractivity (Wildman–Crippen MR) is 77.4 cm³/mol. The van der Waals surface area contributed by atoms with Gasteiger partial charge < -0.3 is 4.74 Å². The molecule has 0 heterocycles. The molecular weight excluding hydrogens is 297 g/mol. The minimum atomic E-state index is -0.201. The Kier molecular flexibility index (Phi) is 4.62. The molecule has 0 aliphatic heterocycles. The number of ether oxygens (including phenoxy) is 1. The normalized spacial score (nSPS) is 9.85. The van der Waals surface area contributed by atoms with Crippen LogP contribution in [0.15, 0.2) is 42.5 Å². The summed E-state index contributed by atoms with van der Waals surface area (Å²) in [6.45, 7) is -0.147. The average Bonchev–Trinajstić information content (AvgIpc) is 2.45. The molecule has 2 aromatic carbocycles. The molecule has 0 bridgehead atoms. The highest BCUT2D eigenvalue weighted by molar-refractivity contribution is 6.32. The van der Waals surface area contributed by atoms with Gasteiger partial charge in [-0.3, -0.25) is 4.79 Å². The largest absolute Gasteiger partial charge is 0.484 e. The zero-order chi connectivity index (χ0) is 14.5. The summed E-state index contributed by atoms with van der Waals surface area (Å²) in [6, 6.07) is 13.2. The molecule has 0 atom stereocenters. The smallest absolute Gasteiger partial charge is 0.200 e. The molecule has 0 unspecified atom stereocenters. The van der Waals surface area contributed by atoms with Crippen LogP contribution in [0.25, 0.3) is 0 Å². The maximum absolute atomic E-state index is 11.9. The molecule has 0 aliphatic carbocycles. The van der Waals surface area contributed by atoms with E-state index < -0.39 is 0 Å². The maximum Gasteiger partial charge on any atom is 0.200 e. The number of rotatable bonds is 4. The van der Waals surface area contributed by atoms with Crippen molar-refractivity contribution in [1.82, 2.24) is 0 Å². The quantitative estimate of drug-likeness (QED) is 0.798. The van der Waals surface area contributed by atoms with E-state index in [1.165, 1.54) is 6.07 Å². The van der Waals surface area contributed by atoms with Gasteiger partial charge in [-0.25, -0.2) is 0 Å². The van der Waals surface area contributed by atoms with E-state index in [4.69, 9.17) is 33.2 Å². The average molecular weight is 306 g/mol. The van der Waals surface area contributed by atoms with Crippen molar-refractivity contribution >= 4 is 29.0 Å². The molecule has 20 heavy (non-hydrogen) atoms. The minimum Gasteiger partial charge on any atom is -0.484 e. The number of hydrogen-bond acceptors (Lipinski definition) is 3. The van der Waals surface area contributed by atoms with Gasteiger partial charge in [-0.1, -0.05) is 35.3 Å². The van der Waals surface area contributed by atoms with Gasteiger partial charge in [0.05, 0.1) is 16.7 Å². The summed E-state index contributed by atoms with van der Waals surface area (Å²) >= 11 is 11.8. The molecule has 0 aromatic heterocycles. The van der Waals surface area contributed by atoms with Crippen LogP contribution < -0.4 is 4.74 Å². The van der Waals surface area contributed by atoms with Crippen LogP contribution in [0.5, 0.6) is 5.75 Å². The van der Waals surface area contributed by atoms with Gasteiger partial charge in [0.1, 0.15) is 5.75 Å². The molecule has 2 aromatic rings. The van der Waals surface area contributed by atoms with E-state index in [9.17, 15) is 4.79 Å². The number of carbonyl (C=O) groups is 1. The van der Waals surface area contributed by atoms with Crippen molar-refractivity contribution in [3.05, 3.63) is 63.6 Å². The molecule has 3 nitrogen and oxygen atoms in total. The SMILES string of the molecule is N#Cc1ccc(OCC(=O)c2cccc(Cl)c2)c(Cl)c1. The molecule has 0 amide bonds. The lowest BCUT2D eigenvalue weighted by Crippen LogP contribution is -2.11. The van der Waals surface area contributed by atoms with Crippen LogP contribution in [0.1, 0.15) is 15.9 Å². The monoisotopic (exact) mass is 305 g/mol. The number of ketones is 1. The van der Waals surface area contributed by atoms with Gasteiger partial charge >= 0.3 is 0 Å². The zero-order valence-corrected chi connectivity index (χ0v) is 11.8. The van der Waals surface area contributed by atoms with Crippen LogP contribution in [-0.2, 0) is 0 Å². The van der Waals surface area contributed by atoms with Crippen molar-refractivity contribution in [2.45, 2.75) is 0 Å². The molecule has 0 saturated heterocycles. The first-order valence-corrected chi connectivity index (χ1v) is 6.47. The third-order valence-electron chi connectivity index (χ3n) is 2.57. The summed E-state index contributed by atoms with van der Waals surface area (Å²) in [6.07, 6.45) is 0. The Hall–Kier alpha value is -2.02. The molecule has 0 spiro atoms. The predicted octanol–water partition coefficient (Wildman–Crippen LogP) is 4.13. The van der Waals surface area contributed by atoms with E-state index in [-0.39, 0.29) is 12.4 Å². The van der Waals surface area contributed by atoms with Crippen molar-refractivity contribution in [3.8, 4) is 11.8 Å². The number of nitriles is 1. The highest BCUT2D eigenvalue weighted by atomic mass is 35.5. The highest BCUT2D eigenvalue weighted by Gasteiger charge is 2.09. The molecule has 0 aliphatic rings. The summed E-state index contributed by atoms with van der Waals surface area (Å²) in [5.41, 5.74) is 0.908. The van der Waals surface area contributed by atoms with Crippen LogP contribution in [0.4, 0.5) is 0 Å². The fourth-order valence-corrected chi connectivity index (χ4v) is 2.00. The number of nitrogens with zero attached hydrogens (tertiary/aromatic N) is 1. The van der Waals surface area contributed by atoms with E-state index in [1.54, 1.807) is 36.4 Å². The van der Waals surface area contributed by atoms with Crippen LogP contribution in [0, 0.1) is 11.3 Å². The Morgan fingerprint density at radius 1 is 1.20 bits per heavy atom. The van der Waals surface area contributed by atoms with Crippen LogP contribution in [-0.4, -0.2) is 12.4 Å². The molecule has 0 N–H and O–H groups in total. The van der Waals surface area contributed by atoms with Gasteiger partial charge in [0.2, 0.25) is 0 Å². The standard InChI is InChI=1S/C15H9Cl2NO2/c16-12-3-1-2-11(7-12)14(19)9-20-15-5-4-10(8-18)6-13(15)17/h1-7H,9H2. The summed E-state index contributed by atoms with van der Waals surface area (Å²) < 4.78 is 5.36. The minimum absolute atomic E-state index is 0.147. The molecule has 0 fully saturated rings. The van der Waals surface area contributed by atoms with E-state index in [1.807, 2.05) is 6.07 Å². The molecule has 0 radical (unpaired) electrons. The number of carbonyl (C=O) groups excluding carboxylic acids is 1. The lowest BCUT2D eigenvalue weighted by Gasteiger charge is -2.07. The van der Waals surface area contributed by atoms with E-state index in [0.29, 0.717) is 26.9 Å². The lowest BCUT2D eigenvalue weighted by molar-refractivity contribution is 0.0921. The third kappa shape index (κ3) is 3.51. The molecular formula is C15H9Cl2NO2. The second kappa shape index (κ2) is 6.42. The Balaban J connectivity index is 2.06. The van der Waals surface area contributed by atoms with Gasteiger partial charge in [-0.2, -0.15) is 5.26 Å². The van der Waals surface area contributed by atoms with Crippen molar-refractivity contribution in [1.29, 1.82) is 5.26 Å². The number of hydrogen-bond donors (Lipinski definition) is 0. The summed E-state index contributed by atoms with van der Waals surface area (Å²) in [7, 11) is 0. The summed E-state index contributed by atoms with van der Waals surface area (Å²) in [4.78, 5) is 11.9. The molecule has 100 valence electrons. The number of halogens is 2. The van der Waals surface area contributed by atoms with Crippen molar-refractivity contribution < 1.29 is 9.53 Å². The maximum atomic E-state index is 11.9. The van der Waals surface area contributed by atoms with E-state index >= 15 is 0 Å². The highest BCUT2D eigenvalue weighted by Crippen LogP contribution is 2.25. The van der Waals surface area contributed by atoms with Gasteiger partial charge in [0.15, 0.2) is 12.4 Å².